The third-order valence-electron chi connectivity index (χ3n) is 2.13. The maximum absolute atomic E-state index is 3.04. The van der Waals surface area contributed by atoms with E-state index in [-0.39, 0.29) is 0 Å². The van der Waals surface area contributed by atoms with Gasteiger partial charge in [0.2, 0.25) is 0 Å². The average Bonchev–Trinajstić information content (AvgIpc) is 2.72. The Hall–Kier alpha value is -1.76. The summed E-state index contributed by atoms with van der Waals surface area (Å²) in [5, 5.41) is 0. The van der Waals surface area contributed by atoms with E-state index in [4.69, 9.17) is 0 Å². The molecule has 1 aromatic heterocycles. The number of allylic oxidation sites excluding steroid dienone is 1. The molecule has 0 radical (unpaired) electrons. The van der Waals surface area contributed by atoms with Crippen molar-refractivity contribution in [3.05, 3.63) is 66.0 Å². The Morgan fingerprint density at radius 2 is 1.93 bits per heavy atom. The van der Waals surface area contributed by atoms with Gasteiger partial charge >= 0.3 is 0 Å². The van der Waals surface area contributed by atoms with Crippen molar-refractivity contribution in [2.45, 2.75) is 6.42 Å². The van der Waals surface area contributed by atoms with Crippen molar-refractivity contribution in [1.29, 1.82) is 0 Å². The van der Waals surface area contributed by atoms with Gasteiger partial charge in [-0.2, -0.15) is 0 Å². The summed E-state index contributed by atoms with van der Waals surface area (Å²) in [6, 6.07) is 12.4. The number of benzene rings is 1. The molecule has 1 heterocycles. The molecule has 70 valence electrons. The van der Waals surface area contributed by atoms with Crippen LogP contribution in [0.15, 0.2) is 54.9 Å². The minimum absolute atomic E-state index is 0.985. The molecule has 0 unspecified atom stereocenters. The lowest BCUT2D eigenvalue weighted by atomic mass is 10.1. The maximum Gasteiger partial charge on any atom is 0.00405 e. The molecular formula is C13H13N. The first kappa shape index (κ1) is 8.82. The number of H-pyrrole nitrogens is 1. The molecule has 0 amide bonds. The molecule has 0 saturated carbocycles. The Morgan fingerprint density at radius 1 is 1.07 bits per heavy atom. The van der Waals surface area contributed by atoms with E-state index in [0.29, 0.717) is 0 Å². The standard InChI is InChI=1S/C13H13N/c1-2-5-12(6-3-1)7-4-8-13-9-10-14-11-13/h1-7,9-11,14H,8H2/b7-4+. The fourth-order valence-corrected chi connectivity index (χ4v) is 1.38. The number of hydrogen-bond acceptors (Lipinski definition) is 0. The van der Waals surface area contributed by atoms with Gasteiger partial charge in [0.1, 0.15) is 0 Å². The molecule has 0 aliphatic carbocycles. The highest BCUT2D eigenvalue weighted by Gasteiger charge is 1.87. The molecule has 2 aromatic rings. The Balaban J connectivity index is 1.96. The Kier molecular flexibility index (Phi) is 2.82. The number of rotatable bonds is 3. The lowest BCUT2D eigenvalue weighted by Gasteiger charge is -1.91. The first-order chi connectivity index (χ1) is 6.95. The van der Waals surface area contributed by atoms with Crippen LogP contribution in [0.5, 0.6) is 0 Å². The average molecular weight is 183 g/mol. The first-order valence-electron chi connectivity index (χ1n) is 4.78. The lowest BCUT2D eigenvalue weighted by molar-refractivity contribution is 1.28. The molecule has 0 aliphatic heterocycles. The topological polar surface area (TPSA) is 15.8 Å². The third kappa shape index (κ3) is 2.36. The highest BCUT2D eigenvalue weighted by atomic mass is 14.6. The normalized spacial score (nSPS) is 10.9. The molecular weight excluding hydrogens is 170 g/mol. The summed E-state index contributed by atoms with van der Waals surface area (Å²) in [5.74, 6) is 0. The third-order valence-corrected chi connectivity index (χ3v) is 2.13. The van der Waals surface area contributed by atoms with Gasteiger partial charge in [0.05, 0.1) is 0 Å². The van der Waals surface area contributed by atoms with E-state index in [1.807, 2.05) is 18.5 Å². The molecule has 0 atom stereocenters. The Morgan fingerprint density at radius 3 is 2.64 bits per heavy atom. The second-order valence-corrected chi connectivity index (χ2v) is 3.24. The van der Waals surface area contributed by atoms with Gasteiger partial charge in [0.15, 0.2) is 0 Å². The molecule has 0 spiro atoms. The summed E-state index contributed by atoms with van der Waals surface area (Å²) in [4.78, 5) is 3.04. The van der Waals surface area contributed by atoms with Gasteiger partial charge in [0.25, 0.3) is 0 Å². The smallest absolute Gasteiger partial charge is 0.00405 e. The predicted molar refractivity (Wildman–Crippen MR) is 60.0 cm³/mol. The van der Waals surface area contributed by atoms with Crippen LogP contribution >= 0.6 is 0 Å². The van der Waals surface area contributed by atoms with Crippen LogP contribution in [0, 0.1) is 0 Å². The van der Waals surface area contributed by atoms with Gasteiger partial charge in [-0.1, -0.05) is 42.5 Å². The van der Waals surface area contributed by atoms with Gasteiger partial charge in [0, 0.05) is 12.4 Å². The fourth-order valence-electron chi connectivity index (χ4n) is 1.38. The van der Waals surface area contributed by atoms with Crippen LogP contribution in [0.1, 0.15) is 11.1 Å². The van der Waals surface area contributed by atoms with Crippen molar-refractivity contribution in [3.63, 3.8) is 0 Å². The van der Waals surface area contributed by atoms with Gasteiger partial charge in [-0.05, 0) is 23.6 Å². The van der Waals surface area contributed by atoms with Crippen LogP contribution in [0.3, 0.4) is 0 Å². The van der Waals surface area contributed by atoms with E-state index in [9.17, 15) is 0 Å². The molecule has 0 bridgehead atoms. The Labute approximate surface area is 84.1 Å². The minimum atomic E-state index is 0.985. The maximum atomic E-state index is 3.04. The van der Waals surface area contributed by atoms with Crippen molar-refractivity contribution >= 4 is 6.08 Å². The molecule has 1 heteroatoms. The number of nitrogens with one attached hydrogen (secondary N) is 1. The highest BCUT2D eigenvalue weighted by Crippen LogP contribution is 2.04. The van der Waals surface area contributed by atoms with E-state index in [1.54, 1.807) is 0 Å². The molecule has 0 fully saturated rings. The van der Waals surface area contributed by atoms with E-state index < -0.39 is 0 Å². The summed E-state index contributed by atoms with van der Waals surface area (Å²) < 4.78 is 0. The lowest BCUT2D eigenvalue weighted by Crippen LogP contribution is -1.74. The zero-order valence-electron chi connectivity index (χ0n) is 7.98. The summed E-state index contributed by atoms with van der Waals surface area (Å²) in [6.07, 6.45) is 9.28. The molecule has 1 nitrogen and oxygen atoms in total. The zero-order chi connectivity index (χ0) is 9.64. The SMILES string of the molecule is C(=C\c1ccccc1)/Cc1cc[nH]c1. The quantitative estimate of drug-likeness (QED) is 0.751. The Bertz CT molecular complexity index is 384. The first-order valence-corrected chi connectivity index (χ1v) is 4.78. The van der Waals surface area contributed by atoms with Crippen molar-refractivity contribution in [1.82, 2.24) is 4.98 Å². The largest absolute Gasteiger partial charge is 0.367 e. The predicted octanol–water partition coefficient (Wildman–Crippen LogP) is 3.27. The minimum Gasteiger partial charge on any atom is -0.367 e. The monoisotopic (exact) mass is 183 g/mol. The second-order valence-electron chi connectivity index (χ2n) is 3.24. The summed E-state index contributed by atoms with van der Waals surface area (Å²) in [7, 11) is 0. The van der Waals surface area contributed by atoms with Gasteiger partial charge in [-0.25, -0.2) is 0 Å². The highest BCUT2D eigenvalue weighted by molar-refractivity contribution is 5.49. The molecule has 0 saturated heterocycles. The van der Waals surface area contributed by atoms with E-state index >= 15 is 0 Å². The number of hydrogen-bond donors (Lipinski definition) is 1. The molecule has 1 N–H and O–H groups in total. The van der Waals surface area contributed by atoms with E-state index in [2.05, 4.69) is 47.5 Å². The van der Waals surface area contributed by atoms with Crippen LogP contribution in [-0.2, 0) is 6.42 Å². The van der Waals surface area contributed by atoms with E-state index in [0.717, 1.165) is 6.42 Å². The fraction of sp³-hybridized carbons (Fsp3) is 0.0769. The van der Waals surface area contributed by atoms with Gasteiger partial charge in [-0.3, -0.25) is 0 Å². The second kappa shape index (κ2) is 4.47. The van der Waals surface area contributed by atoms with Crippen LogP contribution in [0.25, 0.3) is 6.08 Å². The van der Waals surface area contributed by atoms with E-state index in [1.165, 1.54) is 11.1 Å². The van der Waals surface area contributed by atoms with Crippen LogP contribution in [0.4, 0.5) is 0 Å². The van der Waals surface area contributed by atoms with Crippen molar-refractivity contribution < 1.29 is 0 Å². The molecule has 0 aliphatic rings. The summed E-state index contributed by atoms with van der Waals surface area (Å²) >= 11 is 0. The van der Waals surface area contributed by atoms with Crippen molar-refractivity contribution in [2.24, 2.45) is 0 Å². The van der Waals surface area contributed by atoms with Gasteiger partial charge in [-0.15, -0.1) is 0 Å². The molecule has 14 heavy (non-hydrogen) atoms. The molecule has 2 rings (SSSR count). The number of aromatic nitrogens is 1. The molecule has 1 aromatic carbocycles. The summed E-state index contributed by atoms with van der Waals surface area (Å²) in [5.41, 5.74) is 2.57. The van der Waals surface area contributed by atoms with Crippen molar-refractivity contribution in [2.75, 3.05) is 0 Å². The van der Waals surface area contributed by atoms with Crippen LogP contribution in [-0.4, -0.2) is 4.98 Å². The van der Waals surface area contributed by atoms with Gasteiger partial charge < -0.3 is 4.98 Å². The number of aromatic amines is 1. The van der Waals surface area contributed by atoms with Crippen LogP contribution in [0.2, 0.25) is 0 Å². The van der Waals surface area contributed by atoms with Crippen molar-refractivity contribution in [3.8, 4) is 0 Å². The summed E-state index contributed by atoms with van der Waals surface area (Å²) in [6.45, 7) is 0. The zero-order valence-corrected chi connectivity index (χ0v) is 7.98. The van der Waals surface area contributed by atoms with Crippen LogP contribution < -0.4 is 0 Å².